The van der Waals surface area contributed by atoms with Crippen LogP contribution >= 0.6 is 11.8 Å². The molecule has 0 aromatic heterocycles. The van der Waals surface area contributed by atoms with Gasteiger partial charge in [0, 0.05) is 6.54 Å². The quantitative estimate of drug-likeness (QED) is 0.263. The first-order valence-electron chi connectivity index (χ1n) is 10.2. The summed E-state index contributed by atoms with van der Waals surface area (Å²) in [5.74, 6) is 0.749. The Morgan fingerprint density at radius 3 is 1.58 bits per heavy atom. The normalized spacial score (nSPS) is 11.2. The Morgan fingerprint density at radius 1 is 0.788 bits per heavy atom. The molecule has 0 aliphatic heterocycles. The smallest absolute Gasteiger partial charge is 0.166 e. The zero-order chi connectivity index (χ0) is 24.2. The first-order chi connectivity index (χ1) is 16.0. The van der Waals surface area contributed by atoms with Crippen molar-refractivity contribution in [3.63, 3.8) is 0 Å². The average molecular weight is 474 g/mol. The van der Waals surface area contributed by atoms with Gasteiger partial charge in [0.05, 0.1) is 34.4 Å². The van der Waals surface area contributed by atoms with Crippen LogP contribution in [-0.4, -0.2) is 46.6 Å². The molecular weight excluding hydrogens is 446 g/mol. The molecule has 0 radical (unpaired) electrons. The van der Waals surface area contributed by atoms with Crippen molar-refractivity contribution in [3.8, 4) is 23.0 Å². The van der Waals surface area contributed by atoms with Crippen LogP contribution in [0.3, 0.4) is 0 Å². The fraction of sp³-hybridized carbons (Fsp3) is 0.280. The molecule has 8 heteroatoms. The van der Waals surface area contributed by atoms with Crippen LogP contribution in [0.4, 0.5) is 0 Å². The Balaban J connectivity index is 2.18. The summed E-state index contributed by atoms with van der Waals surface area (Å²) in [5, 5.41) is 0. The third-order valence-electron chi connectivity index (χ3n) is 4.91. The van der Waals surface area contributed by atoms with Crippen LogP contribution in [0.25, 0.3) is 12.2 Å². The lowest BCUT2D eigenvalue weighted by Crippen LogP contribution is -2.24. The number of carbonyl (C=O) groups excluding carboxylic acids is 2. The predicted molar refractivity (Wildman–Crippen MR) is 129 cm³/mol. The van der Waals surface area contributed by atoms with E-state index in [2.05, 4.69) is 4.84 Å². The molecule has 33 heavy (non-hydrogen) atoms. The van der Waals surface area contributed by atoms with Gasteiger partial charge >= 0.3 is 0 Å². The molecule has 0 atom stereocenters. The van der Waals surface area contributed by atoms with Gasteiger partial charge in [-0.25, -0.2) is 4.84 Å². The number of carbonyl (C=O) groups is 2. The van der Waals surface area contributed by atoms with E-state index in [0.29, 0.717) is 29.5 Å². The Morgan fingerprint density at radius 2 is 1.21 bits per heavy atom. The minimum absolute atomic E-state index is 0.258. The minimum Gasteiger partial charge on any atom is -0.493 e. The molecule has 2 aromatic carbocycles. The highest BCUT2D eigenvalue weighted by Gasteiger charge is 2.22. The monoisotopic (exact) mass is 473 g/mol. The number of nitrogens with one attached hydrogen (secondary N) is 1. The van der Waals surface area contributed by atoms with E-state index in [1.165, 1.54) is 26.4 Å². The summed E-state index contributed by atoms with van der Waals surface area (Å²) < 4.78 is 21.0. The fourth-order valence-electron chi connectivity index (χ4n) is 3.13. The molecule has 0 aliphatic rings. The lowest BCUT2D eigenvalue weighted by atomic mass is 9.93. The number of methoxy groups -OCH3 is 4. The van der Waals surface area contributed by atoms with Crippen molar-refractivity contribution in [2.45, 2.75) is 6.42 Å². The van der Waals surface area contributed by atoms with Gasteiger partial charge in [-0.15, -0.1) is 0 Å². The highest BCUT2D eigenvalue weighted by Crippen LogP contribution is 2.29. The van der Waals surface area contributed by atoms with Crippen LogP contribution in [0.1, 0.15) is 17.5 Å². The predicted octanol–water partition coefficient (Wildman–Crippen LogP) is 4.34. The van der Waals surface area contributed by atoms with Crippen molar-refractivity contribution < 1.29 is 28.5 Å². The summed E-state index contributed by atoms with van der Waals surface area (Å²) in [7, 11) is 6.17. The molecular formula is C25H28ClNO6. The zero-order valence-electron chi connectivity index (χ0n) is 19.1. The number of allylic oxidation sites excluding steroid dienone is 2. The van der Waals surface area contributed by atoms with Gasteiger partial charge in [0.15, 0.2) is 34.6 Å². The molecule has 0 aliphatic carbocycles. The highest BCUT2D eigenvalue weighted by molar-refractivity contribution is 6.14. The van der Waals surface area contributed by atoms with Crippen molar-refractivity contribution in [2.24, 2.45) is 5.92 Å². The molecule has 1 N–H and O–H groups in total. The number of rotatable bonds is 13. The zero-order valence-corrected chi connectivity index (χ0v) is 19.8. The lowest BCUT2D eigenvalue weighted by molar-refractivity contribution is -0.127. The van der Waals surface area contributed by atoms with E-state index in [-0.39, 0.29) is 18.0 Å². The van der Waals surface area contributed by atoms with Gasteiger partial charge in [-0.2, -0.15) is 0 Å². The van der Waals surface area contributed by atoms with Crippen LogP contribution in [0.5, 0.6) is 23.0 Å². The molecule has 0 spiro atoms. The topological polar surface area (TPSA) is 83.1 Å². The maximum Gasteiger partial charge on any atom is 0.166 e. The van der Waals surface area contributed by atoms with Crippen molar-refractivity contribution in [1.82, 2.24) is 4.84 Å². The summed E-state index contributed by atoms with van der Waals surface area (Å²) in [6.45, 7) is 0.304. The summed E-state index contributed by atoms with van der Waals surface area (Å²) >= 11 is 5.56. The van der Waals surface area contributed by atoms with Gasteiger partial charge in [0.1, 0.15) is 0 Å². The first-order valence-corrected chi connectivity index (χ1v) is 10.6. The molecule has 2 rings (SSSR count). The van der Waals surface area contributed by atoms with Gasteiger partial charge in [-0.1, -0.05) is 24.3 Å². The van der Waals surface area contributed by atoms with Crippen molar-refractivity contribution in [2.75, 3.05) is 35.0 Å². The van der Waals surface area contributed by atoms with E-state index in [9.17, 15) is 9.59 Å². The van der Waals surface area contributed by atoms with Crippen molar-refractivity contribution in [1.29, 1.82) is 0 Å². The van der Waals surface area contributed by atoms with E-state index >= 15 is 0 Å². The summed E-state index contributed by atoms with van der Waals surface area (Å²) in [4.78, 5) is 28.1. The highest BCUT2D eigenvalue weighted by atomic mass is 35.5. The van der Waals surface area contributed by atoms with Gasteiger partial charge in [-0.05, 0) is 65.7 Å². The Bertz CT molecular complexity index is 940. The molecule has 7 nitrogen and oxygen atoms in total. The molecule has 0 fully saturated rings. The lowest BCUT2D eigenvalue weighted by Gasteiger charge is -2.11. The molecule has 0 amide bonds. The van der Waals surface area contributed by atoms with Crippen LogP contribution in [0.2, 0.25) is 0 Å². The maximum absolute atomic E-state index is 12.8. The van der Waals surface area contributed by atoms with E-state index < -0.39 is 5.92 Å². The van der Waals surface area contributed by atoms with Crippen molar-refractivity contribution in [3.05, 3.63) is 59.7 Å². The average Bonchev–Trinajstić information content (AvgIpc) is 2.85. The van der Waals surface area contributed by atoms with Gasteiger partial charge < -0.3 is 18.9 Å². The molecule has 2 aromatic rings. The fourth-order valence-corrected chi connectivity index (χ4v) is 3.23. The van der Waals surface area contributed by atoms with E-state index in [4.69, 9.17) is 30.7 Å². The number of benzene rings is 2. The Kier molecular flexibility index (Phi) is 10.5. The van der Waals surface area contributed by atoms with Crippen LogP contribution < -0.4 is 23.8 Å². The van der Waals surface area contributed by atoms with Gasteiger partial charge in [0.25, 0.3) is 0 Å². The second-order valence-electron chi connectivity index (χ2n) is 6.93. The number of hydrogen-bond acceptors (Lipinski definition) is 7. The molecule has 176 valence electrons. The van der Waals surface area contributed by atoms with E-state index in [1.807, 2.05) is 0 Å². The minimum atomic E-state index is -0.871. The van der Waals surface area contributed by atoms with Crippen LogP contribution in [0, 0.1) is 5.92 Å². The van der Waals surface area contributed by atoms with Crippen molar-refractivity contribution >= 4 is 35.5 Å². The summed E-state index contributed by atoms with van der Waals surface area (Å²) in [5.41, 5.74) is 1.48. The Labute approximate surface area is 199 Å². The summed E-state index contributed by atoms with van der Waals surface area (Å²) in [6, 6.07) is 10.6. The van der Waals surface area contributed by atoms with Crippen LogP contribution in [0.15, 0.2) is 48.6 Å². The van der Waals surface area contributed by atoms with E-state index in [0.717, 1.165) is 11.1 Å². The Hall–Kier alpha value is -3.29. The van der Waals surface area contributed by atoms with E-state index in [1.54, 1.807) is 62.8 Å². The third-order valence-corrected chi connectivity index (χ3v) is 5.10. The largest absolute Gasteiger partial charge is 0.493 e. The number of ether oxygens (including phenoxy) is 4. The van der Waals surface area contributed by atoms with Crippen LogP contribution in [-0.2, 0) is 9.59 Å². The molecule has 0 heterocycles. The first kappa shape index (κ1) is 26.0. The SMILES string of the molecule is COc1ccc(/C=C/C(=O)C(CCNCl)C(=O)/C=C/c2ccc(OC)c(OC)c2)cc1OC. The van der Waals surface area contributed by atoms with Gasteiger partial charge in [-0.3, -0.25) is 9.59 Å². The maximum atomic E-state index is 12.8. The number of hydrogen-bond donors (Lipinski definition) is 1. The molecule has 0 saturated heterocycles. The number of ketones is 2. The second-order valence-corrected chi connectivity index (χ2v) is 7.19. The standard InChI is InChI=1S/C25H28ClNO6/c1-30-22-11-7-17(15-24(22)32-3)5-9-20(28)19(13-14-27-26)21(29)10-6-18-8-12-23(31-2)25(16-18)33-4/h5-12,15-16,19,27H,13-14H2,1-4H3/b9-5+,10-6+. The van der Waals surface area contributed by atoms with Gasteiger partial charge in [0.2, 0.25) is 0 Å². The second kappa shape index (κ2) is 13.3. The molecule has 0 bridgehead atoms. The summed E-state index contributed by atoms with van der Waals surface area (Å²) in [6.07, 6.45) is 6.31. The molecule has 0 unspecified atom stereocenters. The number of halogens is 1. The third kappa shape index (κ3) is 7.37. The molecule has 0 saturated carbocycles.